The fraction of sp³-hybridized carbons (Fsp3) is 0.733. The molecule has 6 nitrogen and oxygen atoms in total. The third-order valence-corrected chi connectivity index (χ3v) is 4.94. The molecule has 21 heavy (non-hydrogen) atoms. The molecule has 0 aliphatic carbocycles. The third-order valence-electron chi connectivity index (χ3n) is 4.94. The predicted molar refractivity (Wildman–Crippen MR) is 82.5 cm³/mol. The number of fused-ring (bicyclic) bond motifs is 2. The summed E-state index contributed by atoms with van der Waals surface area (Å²) in [5.74, 6) is 0.500. The van der Waals surface area contributed by atoms with Crippen molar-refractivity contribution >= 4 is 11.7 Å². The van der Waals surface area contributed by atoms with E-state index in [1.54, 1.807) is 0 Å². The Hall–Kier alpha value is -1.56. The minimum Gasteiger partial charge on any atom is -0.365 e. The molecule has 2 bridgehead atoms. The summed E-state index contributed by atoms with van der Waals surface area (Å²) in [5, 5.41) is 8.08. The average Bonchev–Trinajstić information content (AvgIpc) is 2.90. The molecule has 1 amide bonds. The van der Waals surface area contributed by atoms with E-state index in [1.807, 2.05) is 18.7 Å². The highest BCUT2D eigenvalue weighted by atomic mass is 16.1. The maximum atomic E-state index is 11.8. The van der Waals surface area contributed by atoms with E-state index in [9.17, 15) is 4.79 Å². The van der Waals surface area contributed by atoms with Gasteiger partial charge in [-0.25, -0.2) is 0 Å². The second-order valence-electron chi connectivity index (χ2n) is 6.32. The van der Waals surface area contributed by atoms with Gasteiger partial charge in [-0.2, -0.15) is 5.10 Å². The van der Waals surface area contributed by atoms with E-state index in [1.165, 1.54) is 12.8 Å². The molecule has 1 aromatic rings. The summed E-state index contributed by atoms with van der Waals surface area (Å²) in [7, 11) is 1.90. The van der Waals surface area contributed by atoms with Crippen LogP contribution in [-0.4, -0.2) is 40.4 Å². The van der Waals surface area contributed by atoms with Crippen molar-refractivity contribution < 1.29 is 4.79 Å². The molecule has 6 heteroatoms. The SMILES string of the molecule is CCN(c1c(C(N)=O)c(C)nn1C)C1CC2CCC(C1)N2. The highest BCUT2D eigenvalue weighted by Gasteiger charge is 2.37. The van der Waals surface area contributed by atoms with Crippen LogP contribution in [0.3, 0.4) is 0 Å². The zero-order valence-electron chi connectivity index (χ0n) is 13.1. The molecule has 3 heterocycles. The number of hydrogen-bond donors (Lipinski definition) is 2. The van der Waals surface area contributed by atoms with Crippen molar-refractivity contribution in [3.63, 3.8) is 0 Å². The van der Waals surface area contributed by atoms with Gasteiger partial charge in [0.25, 0.3) is 5.91 Å². The first-order chi connectivity index (χ1) is 10.0. The van der Waals surface area contributed by atoms with Crippen LogP contribution in [0.4, 0.5) is 5.82 Å². The molecular weight excluding hydrogens is 266 g/mol. The Labute approximate surface area is 125 Å². The van der Waals surface area contributed by atoms with Gasteiger partial charge in [0.2, 0.25) is 0 Å². The number of anilines is 1. The molecule has 3 N–H and O–H groups in total. The van der Waals surface area contributed by atoms with Crippen LogP contribution < -0.4 is 16.0 Å². The number of primary amides is 1. The van der Waals surface area contributed by atoms with Crippen molar-refractivity contribution in [2.75, 3.05) is 11.4 Å². The van der Waals surface area contributed by atoms with Crippen LogP contribution >= 0.6 is 0 Å². The van der Waals surface area contributed by atoms with E-state index in [2.05, 4.69) is 22.2 Å². The number of piperidine rings is 1. The van der Waals surface area contributed by atoms with Crippen molar-refractivity contribution in [1.82, 2.24) is 15.1 Å². The Balaban J connectivity index is 1.95. The maximum Gasteiger partial charge on any atom is 0.254 e. The summed E-state index contributed by atoms with van der Waals surface area (Å²) < 4.78 is 1.81. The van der Waals surface area contributed by atoms with Gasteiger partial charge in [0.05, 0.1) is 5.69 Å². The highest BCUT2D eigenvalue weighted by molar-refractivity contribution is 5.99. The molecule has 2 unspecified atom stereocenters. The van der Waals surface area contributed by atoms with Gasteiger partial charge in [-0.15, -0.1) is 0 Å². The number of carbonyl (C=O) groups excluding carboxylic acids is 1. The fourth-order valence-electron chi connectivity index (χ4n) is 4.13. The van der Waals surface area contributed by atoms with Crippen molar-refractivity contribution in [2.24, 2.45) is 12.8 Å². The number of nitrogens with one attached hydrogen (secondary N) is 1. The molecule has 2 aliphatic rings. The van der Waals surface area contributed by atoms with E-state index >= 15 is 0 Å². The van der Waals surface area contributed by atoms with Crippen molar-refractivity contribution in [3.05, 3.63) is 11.3 Å². The van der Waals surface area contributed by atoms with Crippen molar-refractivity contribution in [3.8, 4) is 0 Å². The minimum atomic E-state index is -0.383. The molecule has 0 radical (unpaired) electrons. The van der Waals surface area contributed by atoms with E-state index in [0.717, 1.165) is 30.9 Å². The molecule has 116 valence electrons. The number of amides is 1. The average molecular weight is 291 g/mol. The van der Waals surface area contributed by atoms with Gasteiger partial charge in [-0.1, -0.05) is 0 Å². The lowest BCUT2D eigenvalue weighted by Gasteiger charge is -2.38. The summed E-state index contributed by atoms with van der Waals surface area (Å²) in [5.41, 5.74) is 6.88. The topological polar surface area (TPSA) is 76.2 Å². The Morgan fingerprint density at radius 2 is 2.05 bits per heavy atom. The summed E-state index contributed by atoms with van der Waals surface area (Å²) in [6.45, 7) is 4.85. The Morgan fingerprint density at radius 1 is 1.43 bits per heavy atom. The van der Waals surface area contributed by atoms with Gasteiger partial charge >= 0.3 is 0 Å². The number of hydrogen-bond acceptors (Lipinski definition) is 4. The van der Waals surface area contributed by atoms with Crippen LogP contribution in [-0.2, 0) is 7.05 Å². The summed E-state index contributed by atoms with van der Waals surface area (Å²) in [6, 6.07) is 1.70. The number of carbonyl (C=O) groups is 1. The lowest BCUT2D eigenvalue weighted by molar-refractivity contribution is 0.1000. The quantitative estimate of drug-likeness (QED) is 0.865. The smallest absolute Gasteiger partial charge is 0.254 e. The van der Waals surface area contributed by atoms with E-state index < -0.39 is 0 Å². The molecule has 0 aromatic carbocycles. The standard InChI is InChI=1S/C15H25N5O/c1-4-20(12-7-10-5-6-11(8-12)17-10)15-13(14(16)21)9(2)18-19(15)3/h10-12,17H,4-8H2,1-3H3,(H2,16,21). The van der Waals surface area contributed by atoms with Gasteiger partial charge < -0.3 is 16.0 Å². The predicted octanol–water partition coefficient (Wildman–Crippen LogP) is 0.937. The van der Waals surface area contributed by atoms with Crippen LogP contribution in [0, 0.1) is 6.92 Å². The number of rotatable bonds is 4. The lowest BCUT2D eigenvalue weighted by atomic mass is 9.97. The molecule has 1 aromatic heterocycles. The first-order valence-electron chi connectivity index (χ1n) is 7.87. The minimum absolute atomic E-state index is 0.383. The van der Waals surface area contributed by atoms with Crippen molar-refractivity contribution in [2.45, 2.75) is 57.7 Å². The zero-order chi connectivity index (χ0) is 15.1. The molecule has 2 saturated heterocycles. The first kappa shape index (κ1) is 14.4. The zero-order valence-corrected chi connectivity index (χ0v) is 13.1. The normalized spacial score (nSPS) is 27.9. The van der Waals surface area contributed by atoms with Crippen LogP contribution in [0.25, 0.3) is 0 Å². The lowest BCUT2D eigenvalue weighted by Crippen LogP contribution is -2.49. The monoisotopic (exact) mass is 291 g/mol. The molecule has 2 atom stereocenters. The van der Waals surface area contributed by atoms with Crippen molar-refractivity contribution in [1.29, 1.82) is 0 Å². The second kappa shape index (κ2) is 5.33. The van der Waals surface area contributed by atoms with Gasteiger partial charge in [0.15, 0.2) is 0 Å². The first-order valence-corrected chi connectivity index (χ1v) is 7.87. The Morgan fingerprint density at radius 3 is 2.57 bits per heavy atom. The molecule has 2 aliphatic heterocycles. The number of aromatic nitrogens is 2. The van der Waals surface area contributed by atoms with E-state index in [0.29, 0.717) is 23.7 Å². The van der Waals surface area contributed by atoms with Crippen LogP contribution in [0.5, 0.6) is 0 Å². The molecule has 2 fully saturated rings. The highest BCUT2D eigenvalue weighted by Crippen LogP contribution is 2.33. The number of aryl methyl sites for hydroxylation is 2. The number of nitrogens with zero attached hydrogens (tertiary/aromatic N) is 3. The Bertz CT molecular complexity index is 541. The Kier molecular flexibility index (Phi) is 3.65. The number of nitrogens with two attached hydrogens (primary N) is 1. The largest absolute Gasteiger partial charge is 0.365 e. The van der Waals surface area contributed by atoms with Gasteiger partial charge in [0, 0.05) is 31.7 Å². The summed E-state index contributed by atoms with van der Waals surface area (Å²) in [6.07, 6.45) is 4.80. The van der Waals surface area contributed by atoms with Crippen LogP contribution in [0.2, 0.25) is 0 Å². The molecule has 0 spiro atoms. The summed E-state index contributed by atoms with van der Waals surface area (Å²) >= 11 is 0. The van der Waals surface area contributed by atoms with Gasteiger partial charge in [0.1, 0.15) is 11.4 Å². The third kappa shape index (κ3) is 2.41. The van der Waals surface area contributed by atoms with E-state index in [-0.39, 0.29) is 5.91 Å². The molecule has 0 saturated carbocycles. The summed E-state index contributed by atoms with van der Waals surface area (Å²) in [4.78, 5) is 14.2. The maximum absolute atomic E-state index is 11.8. The van der Waals surface area contributed by atoms with E-state index in [4.69, 9.17) is 5.73 Å². The fourth-order valence-corrected chi connectivity index (χ4v) is 4.13. The van der Waals surface area contributed by atoms with Gasteiger partial charge in [-0.3, -0.25) is 9.48 Å². The van der Waals surface area contributed by atoms with Crippen LogP contribution in [0.15, 0.2) is 0 Å². The second-order valence-corrected chi connectivity index (χ2v) is 6.32. The van der Waals surface area contributed by atoms with Gasteiger partial charge in [-0.05, 0) is 39.5 Å². The molecule has 3 rings (SSSR count). The molecular formula is C15H25N5O. The van der Waals surface area contributed by atoms with Crippen LogP contribution in [0.1, 0.15) is 48.7 Å².